The lowest BCUT2D eigenvalue weighted by Gasteiger charge is -2.12. The first-order valence-corrected chi connectivity index (χ1v) is 8.54. The Labute approximate surface area is 161 Å². The highest BCUT2D eigenvalue weighted by Gasteiger charge is 2.09. The van der Waals surface area contributed by atoms with Crippen molar-refractivity contribution in [1.82, 2.24) is 10.2 Å². The van der Waals surface area contributed by atoms with Gasteiger partial charge in [0, 0.05) is 20.5 Å². The molecule has 3 aromatic rings. The summed E-state index contributed by atoms with van der Waals surface area (Å²) in [4.78, 5) is 16.9. The zero-order chi connectivity index (χ0) is 19.4. The van der Waals surface area contributed by atoms with Crippen molar-refractivity contribution in [2.75, 3.05) is 19.0 Å². The molecule has 1 heterocycles. The summed E-state index contributed by atoms with van der Waals surface area (Å²) >= 11 is 6.26. The second-order valence-corrected chi connectivity index (χ2v) is 6.53. The molecule has 0 saturated carbocycles. The van der Waals surface area contributed by atoms with Crippen molar-refractivity contribution < 1.29 is 4.74 Å². The summed E-state index contributed by atoms with van der Waals surface area (Å²) in [6.07, 6.45) is 0.507. The molecule has 0 aliphatic heterocycles. The van der Waals surface area contributed by atoms with Crippen LogP contribution in [0.2, 0.25) is 5.02 Å². The van der Waals surface area contributed by atoms with E-state index in [1.54, 1.807) is 55.4 Å². The van der Waals surface area contributed by atoms with E-state index in [0.29, 0.717) is 34.3 Å². The number of ether oxygens (including phenoxy) is 1. The van der Waals surface area contributed by atoms with Gasteiger partial charge in [-0.15, -0.1) is 0 Å². The van der Waals surface area contributed by atoms with Gasteiger partial charge in [0.2, 0.25) is 0 Å². The van der Waals surface area contributed by atoms with Gasteiger partial charge in [0.15, 0.2) is 5.69 Å². The predicted molar refractivity (Wildman–Crippen MR) is 106 cm³/mol. The number of hydrogen-bond acceptors (Lipinski definition) is 4. The summed E-state index contributed by atoms with van der Waals surface area (Å²) in [6.45, 7) is 7.09. The third kappa shape index (κ3) is 4.46. The van der Waals surface area contributed by atoms with Crippen molar-refractivity contribution in [1.29, 1.82) is 0 Å². The van der Waals surface area contributed by atoms with E-state index in [0.717, 1.165) is 11.3 Å². The molecule has 0 atom stereocenters. The number of aromatic nitrogens is 2. The first kappa shape index (κ1) is 18.5. The Hall–Kier alpha value is -3.30. The molecule has 27 heavy (non-hydrogen) atoms. The highest BCUT2D eigenvalue weighted by molar-refractivity contribution is 6.32. The lowest BCUT2D eigenvalue weighted by molar-refractivity contribution is 0.482. The normalized spacial score (nSPS) is 10.3. The van der Waals surface area contributed by atoms with Crippen molar-refractivity contribution >= 4 is 23.0 Å². The summed E-state index contributed by atoms with van der Waals surface area (Å²) in [5, 5.41) is 7.09. The van der Waals surface area contributed by atoms with Crippen molar-refractivity contribution in [3.05, 3.63) is 86.6 Å². The second-order valence-electron chi connectivity index (χ2n) is 6.12. The Morgan fingerprint density at radius 1 is 1.22 bits per heavy atom. The number of aromatic amines is 1. The smallest absolute Gasteiger partial charge is 0.287 e. The third-order valence-electron chi connectivity index (χ3n) is 3.87. The summed E-state index contributed by atoms with van der Waals surface area (Å²) in [5.74, 6) is 1.04. The number of nitrogens with one attached hydrogen (secondary N) is 1. The average molecular weight is 381 g/mol. The molecule has 1 aromatic heterocycles. The minimum atomic E-state index is -0.233. The summed E-state index contributed by atoms with van der Waals surface area (Å²) < 4.78 is 5.85. The maximum Gasteiger partial charge on any atom is 0.287 e. The van der Waals surface area contributed by atoms with Crippen LogP contribution in [-0.4, -0.2) is 24.3 Å². The molecular weight excluding hydrogens is 364 g/mol. The van der Waals surface area contributed by atoms with E-state index in [4.69, 9.17) is 22.9 Å². The van der Waals surface area contributed by atoms with Crippen molar-refractivity contribution in [2.24, 2.45) is 0 Å². The lowest BCUT2D eigenvalue weighted by Crippen LogP contribution is -2.22. The molecular formula is C20H17ClN4O2. The Balaban J connectivity index is 1.86. The van der Waals surface area contributed by atoms with Crippen LogP contribution in [0.1, 0.15) is 11.3 Å². The molecule has 0 spiro atoms. The Kier molecular flexibility index (Phi) is 5.43. The standard InChI is InChI=1S/C20H17ClN4O2/c1-22-14-5-4-6-16(11-14)27-19-10-13(7-8-17(19)21)9-15-12-18(25(2)3)20(26)24-23-15/h4-8,10-12H,9H2,2-3H3,(H,24,26). The molecule has 6 nitrogen and oxygen atoms in total. The molecule has 3 rings (SSSR count). The van der Waals surface area contributed by atoms with Crippen LogP contribution < -0.4 is 15.2 Å². The second kappa shape index (κ2) is 7.94. The molecule has 0 radical (unpaired) electrons. The quantitative estimate of drug-likeness (QED) is 0.665. The zero-order valence-electron chi connectivity index (χ0n) is 14.9. The van der Waals surface area contributed by atoms with Gasteiger partial charge >= 0.3 is 0 Å². The van der Waals surface area contributed by atoms with E-state index < -0.39 is 0 Å². The van der Waals surface area contributed by atoms with Crippen LogP contribution in [0, 0.1) is 6.57 Å². The molecule has 1 N–H and O–H groups in total. The number of halogens is 1. The molecule has 0 unspecified atom stereocenters. The first-order chi connectivity index (χ1) is 13.0. The van der Waals surface area contributed by atoms with Crippen LogP contribution in [0.3, 0.4) is 0 Å². The molecule has 2 aromatic carbocycles. The Morgan fingerprint density at radius 3 is 2.78 bits per heavy atom. The SMILES string of the molecule is [C-]#[N+]c1cccc(Oc2cc(Cc3cc(N(C)C)c(=O)[nH]n3)ccc2Cl)c1. The number of benzene rings is 2. The van der Waals surface area contributed by atoms with E-state index in [1.165, 1.54) is 0 Å². The van der Waals surface area contributed by atoms with Gasteiger partial charge in [0.05, 0.1) is 17.3 Å². The van der Waals surface area contributed by atoms with Crippen LogP contribution in [0.15, 0.2) is 53.3 Å². The molecule has 0 saturated heterocycles. The topological polar surface area (TPSA) is 62.6 Å². The molecule has 0 aliphatic carbocycles. The van der Waals surface area contributed by atoms with Gasteiger partial charge in [-0.2, -0.15) is 5.10 Å². The van der Waals surface area contributed by atoms with Gasteiger partial charge in [-0.3, -0.25) is 4.79 Å². The number of H-pyrrole nitrogens is 1. The van der Waals surface area contributed by atoms with Gasteiger partial charge in [0.25, 0.3) is 5.56 Å². The van der Waals surface area contributed by atoms with Gasteiger partial charge in [-0.25, -0.2) is 9.94 Å². The van der Waals surface area contributed by atoms with E-state index in [1.807, 2.05) is 12.1 Å². The summed E-state index contributed by atoms with van der Waals surface area (Å²) in [5.41, 5.74) is 2.46. The predicted octanol–water partition coefficient (Wildman–Crippen LogP) is 4.42. The molecule has 7 heteroatoms. The molecule has 0 bridgehead atoms. The van der Waals surface area contributed by atoms with Gasteiger partial charge < -0.3 is 9.64 Å². The van der Waals surface area contributed by atoms with E-state index in [2.05, 4.69) is 15.0 Å². The molecule has 0 aliphatic rings. The fourth-order valence-corrected chi connectivity index (χ4v) is 2.70. The molecule has 0 fully saturated rings. The minimum absolute atomic E-state index is 0.233. The number of nitrogens with zero attached hydrogens (tertiary/aromatic N) is 3. The monoisotopic (exact) mass is 380 g/mol. The zero-order valence-corrected chi connectivity index (χ0v) is 15.6. The number of hydrogen-bond donors (Lipinski definition) is 1. The maximum atomic E-state index is 11.8. The van der Waals surface area contributed by atoms with Crippen LogP contribution in [0.25, 0.3) is 4.85 Å². The van der Waals surface area contributed by atoms with Gasteiger partial charge in [0.1, 0.15) is 17.2 Å². The Morgan fingerprint density at radius 2 is 2.04 bits per heavy atom. The van der Waals surface area contributed by atoms with Crippen LogP contribution in [0.4, 0.5) is 11.4 Å². The maximum absolute atomic E-state index is 11.8. The Bertz CT molecular complexity index is 1070. The fraction of sp³-hybridized carbons (Fsp3) is 0.150. The van der Waals surface area contributed by atoms with Crippen LogP contribution in [0.5, 0.6) is 11.5 Å². The molecule has 0 amide bonds. The lowest BCUT2D eigenvalue weighted by atomic mass is 10.1. The van der Waals surface area contributed by atoms with Crippen LogP contribution in [-0.2, 0) is 6.42 Å². The number of rotatable bonds is 5. The third-order valence-corrected chi connectivity index (χ3v) is 4.19. The van der Waals surface area contributed by atoms with E-state index in [-0.39, 0.29) is 5.56 Å². The fourth-order valence-electron chi connectivity index (χ4n) is 2.55. The van der Waals surface area contributed by atoms with Crippen molar-refractivity contribution in [2.45, 2.75) is 6.42 Å². The largest absolute Gasteiger partial charge is 0.457 e. The molecule has 136 valence electrons. The van der Waals surface area contributed by atoms with E-state index >= 15 is 0 Å². The summed E-state index contributed by atoms with van der Waals surface area (Å²) in [6, 6.07) is 14.1. The van der Waals surface area contributed by atoms with Gasteiger partial charge in [-0.1, -0.05) is 29.8 Å². The average Bonchev–Trinajstić information content (AvgIpc) is 2.66. The number of anilines is 1. The first-order valence-electron chi connectivity index (χ1n) is 8.16. The highest BCUT2D eigenvalue weighted by atomic mass is 35.5. The van der Waals surface area contributed by atoms with Crippen molar-refractivity contribution in [3.63, 3.8) is 0 Å². The van der Waals surface area contributed by atoms with E-state index in [9.17, 15) is 4.79 Å². The minimum Gasteiger partial charge on any atom is -0.457 e. The van der Waals surface area contributed by atoms with Crippen molar-refractivity contribution in [3.8, 4) is 11.5 Å². The van der Waals surface area contributed by atoms with Gasteiger partial charge in [-0.05, 0) is 35.9 Å². The van der Waals surface area contributed by atoms with Crippen LogP contribution >= 0.6 is 11.6 Å². The highest BCUT2D eigenvalue weighted by Crippen LogP contribution is 2.32. The summed E-state index contributed by atoms with van der Waals surface area (Å²) in [7, 11) is 3.61.